The maximum absolute atomic E-state index is 13.5. The van der Waals surface area contributed by atoms with Gasteiger partial charge in [-0.1, -0.05) is 55.9 Å². The zero-order chi connectivity index (χ0) is 22.5. The van der Waals surface area contributed by atoms with Crippen molar-refractivity contribution in [2.45, 2.75) is 58.3 Å². The molecule has 1 heterocycles. The van der Waals surface area contributed by atoms with Crippen LogP contribution in [0.3, 0.4) is 0 Å². The number of hydrogen-bond acceptors (Lipinski definition) is 2. The van der Waals surface area contributed by atoms with Crippen LogP contribution in [0.5, 0.6) is 0 Å². The van der Waals surface area contributed by atoms with Crippen molar-refractivity contribution in [1.82, 2.24) is 4.98 Å². The second-order valence-electron chi connectivity index (χ2n) is 9.08. The molecule has 32 heavy (non-hydrogen) atoms. The molecule has 0 amide bonds. The van der Waals surface area contributed by atoms with Gasteiger partial charge in [0.15, 0.2) is 5.78 Å². The molecule has 2 atom stereocenters. The molecule has 1 saturated carbocycles. The number of rotatable bonds is 11. The van der Waals surface area contributed by atoms with Gasteiger partial charge in [0.2, 0.25) is 0 Å². The maximum Gasteiger partial charge on any atom is 0.165 e. The van der Waals surface area contributed by atoms with E-state index in [1.165, 1.54) is 18.1 Å². The van der Waals surface area contributed by atoms with Crippen LogP contribution in [0.1, 0.15) is 72.8 Å². The van der Waals surface area contributed by atoms with Gasteiger partial charge in [0.25, 0.3) is 0 Å². The molecule has 4 rings (SSSR count). The molecule has 166 valence electrons. The molecule has 3 heteroatoms. The lowest BCUT2D eigenvalue weighted by Gasteiger charge is -2.13. The van der Waals surface area contributed by atoms with Crippen LogP contribution in [0.4, 0.5) is 4.39 Å². The Morgan fingerprint density at radius 1 is 1.16 bits per heavy atom. The first-order valence-corrected chi connectivity index (χ1v) is 11.9. The van der Waals surface area contributed by atoms with Crippen LogP contribution in [0.15, 0.2) is 66.8 Å². The lowest BCUT2D eigenvalue weighted by Crippen LogP contribution is -2.09. The number of nitrogens with zero attached hydrogens (tertiary/aromatic N) is 1. The predicted octanol–water partition coefficient (Wildman–Crippen LogP) is 7.30. The van der Waals surface area contributed by atoms with E-state index in [0.29, 0.717) is 24.7 Å². The number of pyridine rings is 1. The minimum atomic E-state index is -0.209. The minimum absolute atomic E-state index is 0.165. The summed E-state index contributed by atoms with van der Waals surface area (Å²) in [5.74, 6) is 1.32. The Morgan fingerprint density at radius 2 is 2.03 bits per heavy atom. The van der Waals surface area contributed by atoms with Gasteiger partial charge in [-0.25, -0.2) is 4.39 Å². The average Bonchev–Trinajstić information content (AvgIpc) is 3.58. The summed E-state index contributed by atoms with van der Waals surface area (Å²) in [4.78, 5) is 18.0. The number of benzene rings is 1. The minimum Gasteiger partial charge on any atom is -0.294 e. The number of carbonyl (C=O) groups excluding carboxylic acids is 1. The van der Waals surface area contributed by atoms with Crippen molar-refractivity contribution in [2.24, 2.45) is 11.8 Å². The molecule has 0 aliphatic heterocycles. The second kappa shape index (κ2) is 10.2. The first-order chi connectivity index (χ1) is 15.5. The summed E-state index contributed by atoms with van der Waals surface area (Å²) in [6.45, 7) is 6.30. The van der Waals surface area contributed by atoms with Gasteiger partial charge in [0, 0.05) is 12.0 Å². The quantitative estimate of drug-likeness (QED) is 0.351. The van der Waals surface area contributed by atoms with Crippen LogP contribution in [0, 0.1) is 17.7 Å². The molecule has 0 spiro atoms. The van der Waals surface area contributed by atoms with Crippen molar-refractivity contribution in [2.75, 3.05) is 0 Å². The fraction of sp³-hybridized carbons (Fsp3) is 0.379. The summed E-state index contributed by atoms with van der Waals surface area (Å²) in [6.07, 6.45) is 13.4. The topological polar surface area (TPSA) is 30.0 Å². The first-order valence-electron chi connectivity index (χ1n) is 11.9. The number of fused-ring (bicyclic) bond motifs is 1. The van der Waals surface area contributed by atoms with Crippen LogP contribution in [-0.4, -0.2) is 10.8 Å². The van der Waals surface area contributed by atoms with Gasteiger partial charge < -0.3 is 0 Å². The van der Waals surface area contributed by atoms with Gasteiger partial charge >= 0.3 is 0 Å². The molecule has 2 unspecified atom stereocenters. The van der Waals surface area contributed by atoms with E-state index in [-0.39, 0.29) is 11.6 Å². The Kier molecular flexibility index (Phi) is 7.14. The standard InChI is InChI=1S/C29H32FNO/c1-3-7-20(2)27-16-15-25(29(32)17-14-22-10-6-11-23-19-26(22)23)28(31-27)13-5-9-21-8-4-12-24(30)18-21/h4,6,8,10-12,15-16,18,23,26H,2-3,5,7,9,13-14,17,19H2,1H3. The number of Topliss-reactive ketones (excluding diaryl/α,β-unsaturated/α-hetero) is 1. The molecule has 1 fully saturated rings. The van der Waals surface area contributed by atoms with E-state index in [1.807, 2.05) is 18.2 Å². The zero-order valence-corrected chi connectivity index (χ0v) is 18.9. The van der Waals surface area contributed by atoms with Crippen molar-refractivity contribution in [1.29, 1.82) is 0 Å². The van der Waals surface area contributed by atoms with E-state index >= 15 is 0 Å². The Bertz CT molecular complexity index is 1060. The highest BCUT2D eigenvalue weighted by Crippen LogP contribution is 2.48. The molecular weight excluding hydrogens is 397 g/mol. The van der Waals surface area contributed by atoms with E-state index in [0.717, 1.165) is 60.2 Å². The van der Waals surface area contributed by atoms with Gasteiger partial charge in [-0.05, 0) is 85.8 Å². The van der Waals surface area contributed by atoms with E-state index in [4.69, 9.17) is 4.98 Å². The number of carbonyl (C=O) groups is 1. The van der Waals surface area contributed by atoms with E-state index in [2.05, 4.69) is 31.7 Å². The highest BCUT2D eigenvalue weighted by atomic mass is 19.1. The zero-order valence-electron chi connectivity index (χ0n) is 18.9. The molecule has 2 nitrogen and oxygen atoms in total. The van der Waals surface area contributed by atoms with Gasteiger partial charge in [-0.2, -0.15) is 0 Å². The molecular formula is C29H32FNO. The van der Waals surface area contributed by atoms with E-state index < -0.39 is 0 Å². The maximum atomic E-state index is 13.5. The summed E-state index contributed by atoms with van der Waals surface area (Å²) in [5, 5.41) is 0. The third-order valence-corrected chi connectivity index (χ3v) is 6.58. The van der Waals surface area contributed by atoms with Crippen molar-refractivity contribution in [3.8, 4) is 0 Å². The van der Waals surface area contributed by atoms with Crippen LogP contribution < -0.4 is 0 Å². The number of aromatic nitrogens is 1. The molecule has 2 aliphatic rings. The Balaban J connectivity index is 1.46. The van der Waals surface area contributed by atoms with Crippen molar-refractivity contribution >= 4 is 11.4 Å². The molecule has 2 aromatic rings. The van der Waals surface area contributed by atoms with Crippen molar-refractivity contribution in [3.05, 3.63) is 95.1 Å². The van der Waals surface area contributed by atoms with Crippen LogP contribution >= 0.6 is 0 Å². The first kappa shape index (κ1) is 22.4. The molecule has 1 aromatic heterocycles. The van der Waals surface area contributed by atoms with Gasteiger partial charge in [-0.15, -0.1) is 0 Å². The lowest BCUT2D eigenvalue weighted by molar-refractivity contribution is 0.0981. The largest absolute Gasteiger partial charge is 0.294 e. The molecule has 2 aliphatic carbocycles. The van der Waals surface area contributed by atoms with Gasteiger partial charge in [0.05, 0.1) is 11.4 Å². The van der Waals surface area contributed by atoms with E-state index in [9.17, 15) is 9.18 Å². The summed E-state index contributed by atoms with van der Waals surface area (Å²) in [7, 11) is 0. The highest BCUT2D eigenvalue weighted by Gasteiger charge is 2.38. The smallest absolute Gasteiger partial charge is 0.165 e. The third kappa shape index (κ3) is 5.51. The number of ketones is 1. The molecule has 1 aromatic carbocycles. The van der Waals surface area contributed by atoms with Gasteiger partial charge in [-0.3, -0.25) is 9.78 Å². The number of hydrogen-bond donors (Lipinski definition) is 0. The monoisotopic (exact) mass is 429 g/mol. The lowest BCUT2D eigenvalue weighted by atomic mass is 9.94. The van der Waals surface area contributed by atoms with Crippen molar-refractivity contribution < 1.29 is 9.18 Å². The van der Waals surface area contributed by atoms with Crippen LogP contribution in [-0.2, 0) is 12.8 Å². The van der Waals surface area contributed by atoms with E-state index in [1.54, 1.807) is 12.1 Å². The SMILES string of the molecule is C=C(CCC)c1ccc(C(=O)CCC2=CC=CC3CC23)c(CCCc2cccc(F)c2)n1. The number of halogens is 1. The number of allylic oxidation sites excluding steroid dienone is 5. The summed E-state index contributed by atoms with van der Waals surface area (Å²) in [6, 6.07) is 10.6. The second-order valence-corrected chi connectivity index (χ2v) is 9.08. The Labute approximate surface area is 191 Å². The van der Waals surface area contributed by atoms with Gasteiger partial charge in [0.1, 0.15) is 5.82 Å². The Morgan fingerprint density at radius 3 is 2.84 bits per heavy atom. The summed E-state index contributed by atoms with van der Waals surface area (Å²) in [5.41, 5.74) is 5.86. The average molecular weight is 430 g/mol. The molecule has 0 radical (unpaired) electrons. The highest BCUT2D eigenvalue weighted by molar-refractivity contribution is 5.97. The fourth-order valence-electron chi connectivity index (χ4n) is 4.69. The third-order valence-electron chi connectivity index (χ3n) is 6.58. The predicted molar refractivity (Wildman–Crippen MR) is 129 cm³/mol. The van der Waals surface area contributed by atoms with Crippen LogP contribution in [0.25, 0.3) is 5.57 Å². The van der Waals surface area contributed by atoms with Crippen LogP contribution in [0.2, 0.25) is 0 Å². The summed E-state index contributed by atoms with van der Waals surface area (Å²) < 4.78 is 13.5. The Hall–Kier alpha value is -2.81. The fourth-order valence-corrected chi connectivity index (χ4v) is 4.69. The molecule has 0 saturated heterocycles. The normalized spacial score (nSPS) is 18.8. The molecule has 0 bridgehead atoms. The summed E-state index contributed by atoms with van der Waals surface area (Å²) >= 11 is 0. The molecule has 0 N–H and O–H groups in total. The number of aryl methyl sites for hydroxylation is 2. The van der Waals surface area contributed by atoms with Crippen molar-refractivity contribution in [3.63, 3.8) is 0 Å².